The molecular weight excluding hydrogens is 234 g/mol. The molecule has 5 heteroatoms. The number of aromatic nitrogens is 2. The number of nitrogens with one attached hydrogen (secondary N) is 1. The SMILES string of the molecule is CC(CS(C)=O)Nc1ncc2ccccc2n1. The quantitative estimate of drug-likeness (QED) is 0.898. The van der Waals surface area contributed by atoms with Crippen LogP contribution in [0.4, 0.5) is 5.95 Å². The maximum Gasteiger partial charge on any atom is 0.223 e. The van der Waals surface area contributed by atoms with Crippen LogP contribution in [0.25, 0.3) is 10.9 Å². The highest BCUT2D eigenvalue weighted by Crippen LogP contribution is 2.12. The average molecular weight is 249 g/mol. The summed E-state index contributed by atoms with van der Waals surface area (Å²) in [5, 5.41) is 4.17. The monoisotopic (exact) mass is 249 g/mol. The molecule has 0 fully saturated rings. The summed E-state index contributed by atoms with van der Waals surface area (Å²) in [4.78, 5) is 8.63. The Hall–Kier alpha value is -1.49. The van der Waals surface area contributed by atoms with Crippen molar-refractivity contribution in [3.05, 3.63) is 30.5 Å². The van der Waals surface area contributed by atoms with Crippen molar-refractivity contribution >= 4 is 27.7 Å². The van der Waals surface area contributed by atoms with E-state index in [4.69, 9.17) is 0 Å². The molecule has 1 aromatic carbocycles. The fraction of sp³-hybridized carbons (Fsp3) is 0.333. The molecule has 2 rings (SSSR count). The number of para-hydroxylation sites is 1. The standard InChI is InChI=1S/C12H15N3OS/c1-9(8-17(2)16)14-12-13-7-10-5-3-4-6-11(10)15-12/h3-7,9H,8H2,1-2H3,(H,13,14,15). The molecule has 4 nitrogen and oxygen atoms in total. The highest BCUT2D eigenvalue weighted by atomic mass is 32.2. The maximum atomic E-state index is 11.1. The first-order valence-electron chi connectivity index (χ1n) is 5.43. The summed E-state index contributed by atoms with van der Waals surface area (Å²) in [5.74, 6) is 1.18. The van der Waals surface area contributed by atoms with Crippen LogP contribution in [-0.4, -0.2) is 32.2 Å². The molecule has 0 aliphatic carbocycles. The normalized spacial score (nSPS) is 14.5. The maximum absolute atomic E-state index is 11.1. The molecule has 1 aromatic heterocycles. The molecule has 90 valence electrons. The first-order chi connectivity index (χ1) is 8.15. The van der Waals surface area contributed by atoms with Gasteiger partial charge in [-0.3, -0.25) is 4.21 Å². The van der Waals surface area contributed by atoms with E-state index in [1.807, 2.05) is 31.2 Å². The van der Waals surface area contributed by atoms with E-state index in [0.717, 1.165) is 10.9 Å². The number of nitrogens with zero attached hydrogens (tertiary/aromatic N) is 2. The first-order valence-corrected chi connectivity index (χ1v) is 7.16. The van der Waals surface area contributed by atoms with Crippen LogP contribution >= 0.6 is 0 Å². The highest BCUT2D eigenvalue weighted by Gasteiger charge is 2.06. The molecule has 0 spiro atoms. The Morgan fingerprint density at radius 2 is 2.18 bits per heavy atom. The summed E-state index contributed by atoms with van der Waals surface area (Å²) in [6, 6.07) is 7.93. The summed E-state index contributed by atoms with van der Waals surface area (Å²) in [7, 11) is -0.814. The number of fused-ring (bicyclic) bond motifs is 1. The third kappa shape index (κ3) is 3.23. The first kappa shape index (κ1) is 12.0. The lowest BCUT2D eigenvalue weighted by molar-refractivity contribution is 0.682. The molecule has 0 saturated heterocycles. The molecule has 0 saturated carbocycles. The molecular formula is C12H15N3OS. The zero-order chi connectivity index (χ0) is 12.3. The molecule has 0 amide bonds. The number of hydrogen-bond donors (Lipinski definition) is 1. The topological polar surface area (TPSA) is 54.9 Å². The second-order valence-electron chi connectivity index (χ2n) is 4.04. The molecule has 0 bridgehead atoms. The van der Waals surface area contributed by atoms with Crippen molar-refractivity contribution in [1.82, 2.24) is 9.97 Å². The van der Waals surface area contributed by atoms with Gasteiger partial charge in [0, 0.05) is 40.4 Å². The largest absolute Gasteiger partial charge is 0.351 e. The predicted molar refractivity (Wildman–Crippen MR) is 71.6 cm³/mol. The number of rotatable bonds is 4. The van der Waals surface area contributed by atoms with Crippen LogP contribution in [0.5, 0.6) is 0 Å². The van der Waals surface area contributed by atoms with Gasteiger partial charge in [-0.25, -0.2) is 9.97 Å². The van der Waals surface area contributed by atoms with E-state index in [9.17, 15) is 4.21 Å². The minimum absolute atomic E-state index is 0.0991. The van der Waals surface area contributed by atoms with E-state index >= 15 is 0 Å². The van der Waals surface area contributed by atoms with E-state index < -0.39 is 10.8 Å². The van der Waals surface area contributed by atoms with Crippen molar-refractivity contribution in [3.63, 3.8) is 0 Å². The van der Waals surface area contributed by atoms with E-state index in [2.05, 4.69) is 15.3 Å². The summed E-state index contributed by atoms with van der Waals surface area (Å²) in [5.41, 5.74) is 0.912. The van der Waals surface area contributed by atoms with Gasteiger partial charge in [0.05, 0.1) is 5.52 Å². The van der Waals surface area contributed by atoms with Crippen molar-refractivity contribution in [2.75, 3.05) is 17.3 Å². The van der Waals surface area contributed by atoms with Crippen LogP contribution in [-0.2, 0) is 10.8 Å². The molecule has 0 aliphatic rings. The van der Waals surface area contributed by atoms with Gasteiger partial charge < -0.3 is 5.32 Å². The number of benzene rings is 1. The second-order valence-corrected chi connectivity index (χ2v) is 5.52. The Balaban J connectivity index is 2.16. The fourth-order valence-electron chi connectivity index (χ4n) is 1.66. The fourth-order valence-corrected chi connectivity index (χ4v) is 2.44. The van der Waals surface area contributed by atoms with Gasteiger partial charge in [0.25, 0.3) is 0 Å². The highest BCUT2D eigenvalue weighted by molar-refractivity contribution is 7.84. The number of anilines is 1. The summed E-state index contributed by atoms with van der Waals surface area (Å²) in [6.07, 6.45) is 3.49. The molecule has 1 N–H and O–H groups in total. The van der Waals surface area contributed by atoms with Crippen LogP contribution in [0.1, 0.15) is 6.92 Å². The second kappa shape index (κ2) is 5.23. The average Bonchev–Trinajstić information content (AvgIpc) is 2.27. The Labute approximate surface area is 103 Å². The molecule has 2 unspecified atom stereocenters. The van der Waals surface area contributed by atoms with Gasteiger partial charge in [0.15, 0.2) is 0 Å². The van der Waals surface area contributed by atoms with Gasteiger partial charge in [-0.05, 0) is 13.0 Å². The van der Waals surface area contributed by atoms with Crippen molar-refractivity contribution in [3.8, 4) is 0 Å². The van der Waals surface area contributed by atoms with E-state index in [1.165, 1.54) is 0 Å². The van der Waals surface area contributed by atoms with Crippen molar-refractivity contribution in [2.45, 2.75) is 13.0 Å². The third-order valence-electron chi connectivity index (χ3n) is 2.35. The van der Waals surface area contributed by atoms with Crippen LogP contribution in [0, 0.1) is 0 Å². The minimum atomic E-state index is -0.814. The smallest absolute Gasteiger partial charge is 0.223 e. The van der Waals surface area contributed by atoms with Gasteiger partial charge in [-0.15, -0.1) is 0 Å². The van der Waals surface area contributed by atoms with Gasteiger partial charge in [-0.2, -0.15) is 0 Å². The molecule has 1 heterocycles. The zero-order valence-corrected chi connectivity index (χ0v) is 10.7. The van der Waals surface area contributed by atoms with Crippen LogP contribution in [0.2, 0.25) is 0 Å². The van der Waals surface area contributed by atoms with Crippen molar-refractivity contribution < 1.29 is 4.21 Å². The molecule has 0 radical (unpaired) electrons. The van der Waals surface area contributed by atoms with E-state index in [0.29, 0.717) is 11.7 Å². The Kier molecular flexibility index (Phi) is 3.68. The third-order valence-corrected chi connectivity index (χ3v) is 3.32. The Morgan fingerprint density at radius 3 is 2.94 bits per heavy atom. The van der Waals surface area contributed by atoms with Gasteiger partial charge in [0.1, 0.15) is 0 Å². The summed E-state index contributed by atoms with van der Waals surface area (Å²) < 4.78 is 11.1. The van der Waals surface area contributed by atoms with Gasteiger partial charge >= 0.3 is 0 Å². The summed E-state index contributed by atoms with van der Waals surface area (Å²) in [6.45, 7) is 1.97. The van der Waals surface area contributed by atoms with E-state index in [-0.39, 0.29) is 6.04 Å². The molecule has 2 aromatic rings. The van der Waals surface area contributed by atoms with Crippen LogP contribution < -0.4 is 5.32 Å². The minimum Gasteiger partial charge on any atom is -0.351 e. The lowest BCUT2D eigenvalue weighted by Crippen LogP contribution is -2.23. The summed E-state index contributed by atoms with van der Waals surface area (Å²) >= 11 is 0. The van der Waals surface area contributed by atoms with Gasteiger partial charge in [0.2, 0.25) is 5.95 Å². The molecule has 2 atom stereocenters. The van der Waals surface area contributed by atoms with Gasteiger partial charge in [-0.1, -0.05) is 18.2 Å². The number of hydrogen-bond acceptors (Lipinski definition) is 4. The Morgan fingerprint density at radius 1 is 1.41 bits per heavy atom. The van der Waals surface area contributed by atoms with E-state index in [1.54, 1.807) is 12.5 Å². The zero-order valence-electron chi connectivity index (χ0n) is 9.88. The van der Waals surface area contributed by atoms with Crippen molar-refractivity contribution in [2.24, 2.45) is 0 Å². The van der Waals surface area contributed by atoms with Crippen LogP contribution in [0.15, 0.2) is 30.5 Å². The van der Waals surface area contributed by atoms with Crippen LogP contribution in [0.3, 0.4) is 0 Å². The lowest BCUT2D eigenvalue weighted by atomic mass is 10.2. The Bertz CT molecular complexity index is 544. The van der Waals surface area contributed by atoms with Crippen molar-refractivity contribution in [1.29, 1.82) is 0 Å². The molecule has 17 heavy (non-hydrogen) atoms. The predicted octanol–water partition coefficient (Wildman–Crippen LogP) is 1.81. The lowest BCUT2D eigenvalue weighted by Gasteiger charge is -2.12. The molecule has 0 aliphatic heterocycles.